The SMILES string of the molecule is COc1cc([C@@H]2c3cc4c(cc3[C@H](OC(=O)CCCCC3CCSC(c5ccc(C(F)(F)F)cc5)S3)[C@H]3COC(=O)[C@H]23)OCO4)cc(OC)c1OC. The third-order valence-electron chi connectivity index (χ3n) is 10.1. The first-order valence-corrected chi connectivity index (χ1v) is 19.1. The first-order chi connectivity index (χ1) is 25.1. The fourth-order valence-corrected chi connectivity index (χ4v) is 11.0. The molecule has 6 atom stereocenters. The standard InChI is InChI=1S/C38H39F3O9S2/c1-44-29-14-21(15-30(45-2)35(29)46-3)32-24-16-27-28(49-19-48-27)17-25(24)34(26-18-47-36(43)33(26)32)50-31(42)7-5-4-6-23-12-13-51-37(52-23)20-8-10-22(11-9-20)38(39,40)41/h8-11,14-17,23,26,32-34,37H,4-7,12-13,18-19H2,1-3H3/t23?,26-,32+,33-,34-,37?/m0/s1. The normalized spacial score (nSPS) is 24.8. The fourth-order valence-electron chi connectivity index (χ4n) is 7.59. The average Bonchev–Trinajstić information content (AvgIpc) is 3.77. The Balaban J connectivity index is 1.05. The molecule has 0 radical (unpaired) electrons. The Kier molecular flexibility index (Phi) is 10.7. The highest BCUT2D eigenvalue weighted by molar-refractivity contribution is 8.17. The number of fused-ring (bicyclic) bond motifs is 3. The Morgan fingerprint density at radius 3 is 2.23 bits per heavy atom. The van der Waals surface area contributed by atoms with E-state index in [0.29, 0.717) is 40.4 Å². The second-order valence-corrected chi connectivity index (χ2v) is 16.0. The molecule has 1 aliphatic carbocycles. The quantitative estimate of drug-likeness (QED) is 0.139. The van der Waals surface area contributed by atoms with Crippen molar-refractivity contribution in [3.63, 3.8) is 0 Å². The van der Waals surface area contributed by atoms with E-state index in [1.807, 2.05) is 24.3 Å². The Morgan fingerprint density at radius 2 is 1.58 bits per heavy atom. The number of alkyl halides is 3. The Hall–Kier alpha value is -3.91. The highest BCUT2D eigenvalue weighted by atomic mass is 32.2. The van der Waals surface area contributed by atoms with Crippen LogP contribution in [0.2, 0.25) is 0 Å². The number of hydrogen-bond donors (Lipinski definition) is 0. The maximum atomic E-state index is 13.5. The molecule has 52 heavy (non-hydrogen) atoms. The number of cyclic esters (lactones) is 1. The van der Waals surface area contributed by atoms with Crippen molar-refractivity contribution in [1.29, 1.82) is 0 Å². The van der Waals surface area contributed by atoms with Crippen LogP contribution in [0, 0.1) is 11.8 Å². The minimum Gasteiger partial charge on any atom is -0.493 e. The number of carbonyl (C=O) groups excluding carboxylic acids is 2. The van der Waals surface area contributed by atoms with Gasteiger partial charge in [0.05, 0.1) is 44.0 Å². The summed E-state index contributed by atoms with van der Waals surface area (Å²) in [6.45, 7) is 0.142. The van der Waals surface area contributed by atoms with E-state index in [2.05, 4.69) is 0 Å². The minimum atomic E-state index is -4.36. The molecule has 0 aromatic heterocycles. The molecule has 0 spiro atoms. The predicted molar refractivity (Wildman–Crippen MR) is 188 cm³/mol. The monoisotopic (exact) mass is 760 g/mol. The van der Waals surface area contributed by atoms with Crippen LogP contribution in [0.25, 0.3) is 0 Å². The van der Waals surface area contributed by atoms with Gasteiger partial charge in [-0.25, -0.2) is 0 Å². The zero-order chi connectivity index (χ0) is 36.6. The topological polar surface area (TPSA) is 98.8 Å². The first kappa shape index (κ1) is 36.4. The molecule has 7 rings (SSSR count). The number of unbranched alkanes of at least 4 members (excludes halogenated alkanes) is 1. The average molecular weight is 761 g/mol. The molecule has 2 unspecified atom stereocenters. The van der Waals surface area contributed by atoms with Crippen LogP contribution in [0.3, 0.4) is 0 Å². The lowest BCUT2D eigenvalue weighted by molar-refractivity contribution is -0.154. The van der Waals surface area contributed by atoms with E-state index in [4.69, 9.17) is 33.2 Å². The molecule has 0 saturated carbocycles. The van der Waals surface area contributed by atoms with Gasteiger partial charge < -0.3 is 33.2 Å². The second-order valence-electron chi connectivity index (χ2n) is 13.1. The van der Waals surface area contributed by atoms with Gasteiger partial charge in [0.2, 0.25) is 12.5 Å². The van der Waals surface area contributed by atoms with E-state index in [0.717, 1.165) is 59.4 Å². The molecule has 3 aromatic carbocycles. The van der Waals surface area contributed by atoms with Gasteiger partial charge >= 0.3 is 18.1 Å². The summed E-state index contributed by atoms with van der Waals surface area (Å²) in [6.07, 6.45) is -1.60. The molecule has 14 heteroatoms. The summed E-state index contributed by atoms with van der Waals surface area (Å²) in [6, 6.07) is 12.8. The lowest BCUT2D eigenvalue weighted by Crippen LogP contribution is -2.36. The van der Waals surface area contributed by atoms with Crippen LogP contribution >= 0.6 is 23.5 Å². The van der Waals surface area contributed by atoms with Crippen LogP contribution in [-0.4, -0.2) is 57.7 Å². The van der Waals surface area contributed by atoms with Crippen molar-refractivity contribution in [1.82, 2.24) is 0 Å². The molecule has 0 N–H and O–H groups in total. The lowest BCUT2D eigenvalue weighted by atomic mass is 9.66. The van der Waals surface area contributed by atoms with Crippen LogP contribution in [0.15, 0.2) is 48.5 Å². The van der Waals surface area contributed by atoms with Crippen LogP contribution in [0.1, 0.15) is 76.5 Å². The molecule has 0 bridgehead atoms. The molecule has 4 aliphatic rings. The van der Waals surface area contributed by atoms with E-state index in [1.54, 1.807) is 35.7 Å². The van der Waals surface area contributed by atoms with Gasteiger partial charge in [-0.2, -0.15) is 13.2 Å². The Bertz CT molecular complexity index is 1780. The van der Waals surface area contributed by atoms with Gasteiger partial charge in [-0.15, -0.1) is 23.5 Å². The predicted octanol–water partition coefficient (Wildman–Crippen LogP) is 8.48. The van der Waals surface area contributed by atoms with Crippen molar-refractivity contribution in [2.45, 2.75) is 60.1 Å². The summed E-state index contributed by atoms with van der Waals surface area (Å²) in [5.41, 5.74) is 2.46. The van der Waals surface area contributed by atoms with Gasteiger partial charge in [0, 0.05) is 29.1 Å². The van der Waals surface area contributed by atoms with Crippen LogP contribution in [0.4, 0.5) is 13.2 Å². The third kappa shape index (κ3) is 7.20. The van der Waals surface area contributed by atoms with E-state index in [9.17, 15) is 22.8 Å². The van der Waals surface area contributed by atoms with E-state index in [-0.39, 0.29) is 36.3 Å². The number of hydrogen-bond acceptors (Lipinski definition) is 11. The molecule has 278 valence electrons. The maximum Gasteiger partial charge on any atom is 0.416 e. The van der Waals surface area contributed by atoms with Gasteiger partial charge in [-0.3, -0.25) is 9.59 Å². The summed E-state index contributed by atoms with van der Waals surface area (Å²) in [5, 5.41) is 0.341. The van der Waals surface area contributed by atoms with Crippen molar-refractivity contribution in [2.75, 3.05) is 40.5 Å². The summed E-state index contributed by atoms with van der Waals surface area (Å²) in [7, 11) is 4.59. The van der Waals surface area contributed by atoms with Crippen LogP contribution < -0.4 is 23.7 Å². The molecule has 9 nitrogen and oxygen atoms in total. The van der Waals surface area contributed by atoms with E-state index >= 15 is 0 Å². The van der Waals surface area contributed by atoms with Crippen LogP contribution in [-0.2, 0) is 25.2 Å². The molecule has 3 aromatic rings. The summed E-state index contributed by atoms with van der Waals surface area (Å²) >= 11 is 3.53. The largest absolute Gasteiger partial charge is 0.493 e. The minimum absolute atomic E-state index is 0.0511. The number of carbonyl (C=O) groups is 2. The molecular formula is C38H39F3O9S2. The molecule has 2 fully saturated rings. The summed E-state index contributed by atoms with van der Waals surface area (Å²) in [4.78, 5) is 26.9. The number of rotatable bonds is 11. The molecule has 3 heterocycles. The summed E-state index contributed by atoms with van der Waals surface area (Å²) < 4.78 is 79.3. The molecule has 2 saturated heterocycles. The highest BCUT2D eigenvalue weighted by Crippen LogP contribution is 2.57. The summed E-state index contributed by atoms with van der Waals surface area (Å²) in [5.74, 6) is 0.934. The van der Waals surface area contributed by atoms with Gasteiger partial charge in [-0.05, 0) is 78.1 Å². The zero-order valence-corrected chi connectivity index (χ0v) is 30.5. The van der Waals surface area contributed by atoms with Crippen molar-refractivity contribution in [3.05, 3.63) is 76.3 Å². The van der Waals surface area contributed by atoms with Gasteiger partial charge in [0.15, 0.2) is 23.0 Å². The second kappa shape index (κ2) is 15.2. The Morgan fingerprint density at radius 1 is 0.885 bits per heavy atom. The van der Waals surface area contributed by atoms with Crippen molar-refractivity contribution < 1.29 is 55.9 Å². The van der Waals surface area contributed by atoms with Crippen molar-refractivity contribution in [3.8, 4) is 28.7 Å². The van der Waals surface area contributed by atoms with Gasteiger partial charge in [0.1, 0.15) is 6.10 Å². The van der Waals surface area contributed by atoms with Gasteiger partial charge in [0.25, 0.3) is 0 Å². The smallest absolute Gasteiger partial charge is 0.416 e. The zero-order valence-electron chi connectivity index (χ0n) is 28.9. The van der Waals surface area contributed by atoms with E-state index in [1.165, 1.54) is 21.3 Å². The van der Waals surface area contributed by atoms with Crippen molar-refractivity contribution >= 4 is 35.5 Å². The number of halogens is 3. The molecule has 3 aliphatic heterocycles. The molecule has 0 amide bonds. The fraction of sp³-hybridized carbons (Fsp3) is 0.474. The molecular weight excluding hydrogens is 722 g/mol. The number of methoxy groups -OCH3 is 3. The number of esters is 2. The number of benzene rings is 3. The Labute approximate surface area is 308 Å². The van der Waals surface area contributed by atoms with Gasteiger partial charge in [-0.1, -0.05) is 18.6 Å². The van der Waals surface area contributed by atoms with Crippen LogP contribution in [0.5, 0.6) is 28.7 Å². The maximum absolute atomic E-state index is 13.5. The number of thioether (sulfide) groups is 2. The van der Waals surface area contributed by atoms with E-state index < -0.39 is 35.6 Å². The highest BCUT2D eigenvalue weighted by Gasteiger charge is 2.54. The first-order valence-electron chi connectivity index (χ1n) is 17.1. The number of ether oxygens (including phenoxy) is 7. The lowest BCUT2D eigenvalue weighted by Gasteiger charge is -2.38. The van der Waals surface area contributed by atoms with Crippen molar-refractivity contribution in [2.24, 2.45) is 11.8 Å². The third-order valence-corrected chi connectivity index (χ3v) is 13.3.